The molecule has 11 heteroatoms. The van der Waals surface area contributed by atoms with Crippen LogP contribution in [0.2, 0.25) is 5.02 Å². The van der Waals surface area contributed by atoms with Crippen LogP contribution in [-0.4, -0.2) is 66.2 Å². The van der Waals surface area contributed by atoms with Crippen LogP contribution in [0.3, 0.4) is 0 Å². The third kappa shape index (κ3) is 6.71. The van der Waals surface area contributed by atoms with E-state index in [0.717, 1.165) is 11.5 Å². The molecule has 1 saturated heterocycles. The van der Waals surface area contributed by atoms with Crippen molar-refractivity contribution in [2.45, 2.75) is 56.8 Å². The molecule has 0 spiro atoms. The van der Waals surface area contributed by atoms with Gasteiger partial charge in [0.2, 0.25) is 5.91 Å². The van der Waals surface area contributed by atoms with Crippen molar-refractivity contribution in [1.29, 1.82) is 0 Å². The van der Waals surface area contributed by atoms with Gasteiger partial charge in [0.1, 0.15) is 17.7 Å². The maximum Gasteiger partial charge on any atom is 0.308 e. The summed E-state index contributed by atoms with van der Waals surface area (Å²) in [5.41, 5.74) is 0.251. The molecule has 2 aromatic carbocycles. The fraction of sp³-hybridized carbons (Fsp3) is 0.419. The van der Waals surface area contributed by atoms with Crippen LogP contribution >= 0.6 is 11.6 Å². The lowest BCUT2D eigenvalue weighted by molar-refractivity contribution is -0.148. The van der Waals surface area contributed by atoms with Gasteiger partial charge in [0.25, 0.3) is 5.91 Å². The molecule has 2 aliphatic rings. The summed E-state index contributed by atoms with van der Waals surface area (Å²) in [5.74, 6) is -2.06. The van der Waals surface area contributed by atoms with E-state index in [-0.39, 0.29) is 66.0 Å². The van der Waals surface area contributed by atoms with Crippen LogP contribution in [0.1, 0.15) is 48.2 Å². The van der Waals surface area contributed by atoms with Gasteiger partial charge in [-0.05, 0) is 54.8 Å². The highest BCUT2D eigenvalue weighted by atomic mass is 35.5. The minimum Gasteiger partial charge on any atom is -0.469 e. The predicted octanol–water partition coefficient (Wildman–Crippen LogP) is 5.51. The van der Waals surface area contributed by atoms with Crippen molar-refractivity contribution in [3.63, 3.8) is 0 Å². The standard InChI is InChI=1S/C31H32ClF2N3O5/c1-41-31(40)19-6-8-23(9-7-19)42-17-22-14-21(33)16-37(22)28(38)13-20-12-25(32)27(15-26(20)34)36-30(39)29-24-5-3-2-4-18(24)10-11-35-29/h2-5,10-12,15,19,21-23H,6-9,13-14,16-17H2,1H3,(H,36,39)/t19-,21-,22-,23-/m0/s1. The van der Waals surface area contributed by atoms with E-state index in [1.54, 1.807) is 18.2 Å². The number of hydrogen-bond donors (Lipinski definition) is 1. The largest absolute Gasteiger partial charge is 0.469 e. The number of alkyl halides is 1. The number of fused-ring (bicyclic) bond motifs is 1. The number of rotatable bonds is 8. The molecule has 1 aromatic heterocycles. The number of amides is 2. The third-order valence-electron chi connectivity index (χ3n) is 8.03. The Labute approximate surface area is 247 Å². The molecule has 5 rings (SSSR count). The Balaban J connectivity index is 1.20. The van der Waals surface area contributed by atoms with E-state index in [1.165, 1.54) is 24.3 Å². The van der Waals surface area contributed by atoms with E-state index >= 15 is 4.39 Å². The molecule has 1 aliphatic heterocycles. The van der Waals surface area contributed by atoms with Crippen LogP contribution in [-0.2, 0) is 25.5 Å². The number of carbonyl (C=O) groups excluding carboxylic acids is 3. The summed E-state index contributed by atoms with van der Waals surface area (Å²) in [7, 11) is 1.38. The topological polar surface area (TPSA) is 97.8 Å². The molecular weight excluding hydrogens is 568 g/mol. The molecule has 2 amide bonds. The Kier molecular flexibility index (Phi) is 9.33. The van der Waals surface area contributed by atoms with Crippen LogP contribution in [0.5, 0.6) is 0 Å². The molecule has 1 aliphatic carbocycles. The second-order valence-electron chi connectivity index (χ2n) is 10.8. The van der Waals surface area contributed by atoms with Crippen LogP contribution in [0.4, 0.5) is 14.5 Å². The van der Waals surface area contributed by atoms with Crippen molar-refractivity contribution >= 4 is 45.8 Å². The molecule has 0 bridgehead atoms. The van der Waals surface area contributed by atoms with E-state index < -0.39 is 29.8 Å². The predicted molar refractivity (Wildman–Crippen MR) is 154 cm³/mol. The number of pyridine rings is 1. The zero-order chi connectivity index (χ0) is 29.8. The van der Waals surface area contributed by atoms with Crippen molar-refractivity contribution in [2.75, 3.05) is 25.6 Å². The van der Waals surface area contributed by atoms with E-state index in [9.17, 15) is 18.8 Å². The second-order valence-corrected chi connectivity index (χ2v) is 11.2. The quantitative estimate of drug-likeness (QED) is 0.343. The van der Waals surface area contributed by atoms with Gasteiger partial charge in [-0.1, -0.05) is 35.9 Å². The minimum absolute atomic E-state index is 0.0365. The van der Waals surface area contributed by atoms with Crippen LogP contribution in [0.25, 0.3) is 10.8 Å². The molecule has 2 fully saturated rings. The first-order valence-corrected chi connectivity index (χ1v) is 14.4. The lowest BCUT2D eigenvalue weighted by Gasteiger charge is -2.30. The molecule has 1 saturated carbocycles. The normalized spacial score (nSPS) is 22.2. The van der Waals surface area contributed by atoms with Crippen molar-refractivity contribution in [3.05, 3.63) is 70.8 Å². The summed E-state index contributed by atoms with van der Waals surface area (Å²) in [6, 6.07) is 10.9. The van der Waals surface area contributed by atoms with Gasteiger partial charge >= 0.3 is 5.97 Å². The number of nitrogens with zero attached hydrogens (tertiary/aromatic N) is 2. The highest BCUT2D eigenvalue weighted by Crippen LogP contribution is 2.31. The fourth-order valence-electron chi connectivity index (χ4n) is 5.77. The van der Waals surface area contributed by atoms with Crippen molar-refractivity contribution in [1.82, 2.24) is 9.88 Å². The molecule has 2 atom stereocenters. The van der Waals surface area contributed by atoms with E-state index in [2.05, 4.69) is 10.3 Å². The number of likely N-dealkylation sites (tertiary alicyclic amines) is 1. The summed E-state index contributed by atoms with van der Waals surface area (Å²) < 4.78 is 40.3. The molecule has 2 heterocycles. The number of ether oxygens (including phenoxy) is 2. The number of hydrogen-bond acceptors (Lipinski definition) is 6. The van der Waals surface area contributed by atoms with Gasteiger partial charge in [-0.25, -0.2) is 8.78 Å². The average molecular weight is 600 g/mol. The van der Waals surface area contributed by atoms with Crippen LogP contribution < -0.4 is 5.32 Å². The highest BCUT2D eigenvalue weighted by Gasteiger charge is 2.37. The number of aromatic nitrogens is 1. The lowest BCUT2D eigenvalue weighted by Crippen LogP contribution is -2.40. The summed E-state index contributed by atoms with van der Waals surface area (Å²) in [6.45, 7) is 0.0690. The average Bonchev–Trinajstić information content (AvgIpc) is 3.38. The monoisotopic (exact) mass is 599 g/mol. The van der Waals surface area contributed by atoms with Gasteiger partial charge in [0.05, 0.1) is 55.5 Å². The highest BCUT2D eigenvalue weighted by molar-refractivity contribution is 6.34. The number of anilines is 1. The number of nitrogens with one attached hydrogen (secondary N) is 1. The van der Waals surface area contributed by atoms with Crippen LogP contribution in [0, 0.1) is 11.7 Å². The van der Waals surface area contributed by atoms with Gasteiger partial charge in [0.15, 0.2) is 0 Å². The Bertz CT molecular complexity index is 1470. The lowest BCUT2D eigenvalue weighted by atomic mass is 9.87. The van der Waals surface area contributed by atoms with Gasteiger partial charge in [-0.15, -0.1) is 0 Å². The second kappa shape index (κ2) is 13.1. The van der Waals surface area contributed by atoms with E-state index in [1.807, 2.05) is 12.1 Å². The van der Waals surface area contributed by atoms with E-state index in [4.69, 9.17) is 21.1 Å². The molecule has 3 aromatic rings. The van der Waals surface area contributed by atoms with Gasteiger partial charge in [-0.2, -0.15) is 0 Å². The Hall–Kier alpha value is -3.63. The van der Waals surface area contributed by atoms with Crippen molar-refractivity contribution in [2.24, 2.45) is 5.92 Å². The summed E-state index contributed by atoms with van der Waals surface area (Å²) in [4.78, 5) is 43.4. The van der Waals surface area contributed by atoms with Crippen molar-refractivity contribution < 1.29 is 32.6 Å². The van der Waals surface area contributed by atoms with Gasteiger partial charge in [0, 0.05) is 18.0 Å². The first kappa shape index (κ1) is 29.8. The molecule has 0 unspecified atom stereocenters. The Morgan fingerprint density at radius 3 is 2.64 bits per heavy atom. The first-order valence-electron chi connectivity index (χ1n) is 14.0. The maximum atomic E-state index is 15.1. The van der Waals surface area contributed by atoms with Crippen molar-refractivity contribution in [3.8, 4) is 0 Å². The molecular formula is C31H32ClF2N3O5. The molecule has 42 heavy (non-hydrogen) atoms. The maximum absolute atomic E-state index is 15.1. The minimum atomic E-state index is -1.20. The zero-order valence-electron chi connectivity index (χ0n) is 23.2. The van der Waals surface area contributed by atoms with Crippen LogP contribution in [0.15, 0.2) is 48.7 Å². The Morgan fingerprint density at radius 2 is 1.88 bits per heavy atom. The molecule has 8 nitrogen and oxygen atoms in total. The number of carbonyl (C=O) groups is 3. The fourth-order valence-corrected chi connectivity index (χ4v) is 6.00. The molecule has 222 valence electrons. The summed E-state index contributed by atoms with van der Waals surface area (Å²) in [5, 5.41) is 4.13. The van der Waals surface area contributed by atoms with Gasteiger partial charge < -0.3 is 19.7 Å². The summed E-state index contributed by atoms with van der Waals surface area (Å²) >= 11 is 6.39. The molecule has 0 radical (unpaired) electrons. The summed E-state index contributed by atoms with van der Waals surface area (Å²) in [6.07, 6.45) is 2.73. The number of halogens is 3. The smallest absolute Gasteiger partial charge is 0.308 e. The number of methoxy groups -OCH3 is 1. The molecule has 1 N–H and O–H groups in total. The Morgan fingerprint density at radius 1 is 1.12 bits per heavy atom. The SMILES string of the molecule is COC(=O)[C@H]1CC[C@H](OC[C@@H]2C[C@H](F)CN2C(=O)Cc2cc(Cl)c(NC(=O)c3nccc4ccccc34)cc2F)CC1. The number of benzene rings is 2. The van der Waals surface area contributed by atoms with E-state index in [0.29, 0.717) is 31.1 Å². The number of esters is 1. The van der Waals surface area contributed by atoms with Gasteiger partial charge in [-0.3, -0.25) is 19.4 Å². The third-order valence-corrected chi connectivity index (χ3v) is 8.34. The zero-order valence-corrected chi connectivity index (χ0v) is 23.9. The first-order chi connectivity index (χ1) is 20.2.